The van der Waals surface area contributed by atoms with Crippen molar-refractivity contribution in [3.05, 3.63) is 64.5 Å². The predicted octanol–water partition coefficient (Wildman–Crippen LogP) is -0.197. The van der Waals surface area contributed by atoms with Crippen molar-refractivity contribution in [3.63, 3.8) is 0 Å². The minimum absolute atomic E-state index is 0.0522. The average Bonchev–Trinajstić information content (AvgIpc) is 2.92. The number of halogens is 1. The summed E-state index contributed by atoms with van der Waals surface area (Å²) in [6.45, 7) is 1.77. The maximum atomic E-state index is 14.6. The highest BCUT2D eigenvalue weighted by molar-refractivity contribution is 6.47. The molecular formula is C25H24BFN4O10. The lowest BCUT2D eigenvalue weighted by molar-refractivity contribution is -0.153. The number of fused-ring (bicyclic) bond motifs is 1. The van der Waals surface area contributed by atoms with Crippen molar-refractivity contribution < 1.29 is 53.0 Å². The number of aromatic carboxylic acids is 2. The van der Waals surface area contributed by atoms with E-state index in [1.165, 1.54) is 23.1 Å². The lowest BCUT2D eigenvalue weighted by atomic mass is 9.72. The van der Waals surface area contributed by atoms with E-state index >= 15 is 0 Å². The van der Waals surface area contributed by atoms with Gasteiger partial charge in [0.25, 0.3) is 0 Å². The van der Waals surface area contributed by atoms with Crippen LogP contribution in [0.2, 0.25) is 0 Å². The summed E-state index contributed by atoms with van der Waals surface area (Å²) >= 11 is 0. The van der Waals surface area contributed by atoms with Crippen LogP contribution in [0.3, 0.4) is 0 Å². The molecule has 2 aromatic rings. The number of hydrogen-bond acceptors (Lipinski definition) is 8. The number of carbonyl (C=O) groups is 6. The average molecular weight is 570 g/mol. The third kappa shape index (κ3) is 5.81. The first-order chi connectivity index (χ1) is 19.4. The first-order valence-corrected chi connectivity index (χ1v) is 12.4. The van der Waals surface area contributed by atoms with Gasteiger partial charge in [-0.25, -0.2) is 18.8 Å². The van der Waals surface area contributed by atoms with Crippen molar-refractivity contribution in [3.8, 4) is 5.75 Å². The van der Waals surface area contributed by atoms with E-state index in [9.17, 15) is 43.3 Å². The smallest absolute Gasteiger partial charge is 0.534 e. The minimum atomic E-state index is -1.72. The predicted molar refractivity (Wildman–Crippen MR) is 136 cm³/mol. The molecule has 2 aromatic carbocycles. The topological polar surface area (TPSA) is 203 Å². The van der Waals surface area contributed by atoms with Crippen LogP contribution >= 0.6 is 0 Å². The molecule has 0 spiro atoms. The summed E-state index contributed by atoms with van der Waals surface area (Å²) in [5.41, 5.74) is -0.745. The molecular weight excluding hydrogens is 546 g/mol. The van der Waals surface area contributed by atoms with Crippen LogP contribution in [0.25, 0.3) is 0 Å². The molecule has 2 atom stereocenters. The van der Waals surface area contributed by atoms with E-state index in [1.807, 2.05) is 0 Å². The van der Waals surface area contributed by atoms with Gasteiger partial charge in [-0.15, -0.1) is 0 Å². The highest BCUT2D eigenvalue weighted by atomic mass is 19.1. The number of benzene rings is 2. The molecule has 1 saturated heterocycles. The molecule has 2 heterocycles. The Bertz CT molecular complexity index is 1450. The number of carbonyl (C=O) groups excluding carboxylic acids is 4. The summed E-state index contributed by atoms with van der Waals surface area (Å²) in [6, 6.07) is 4.10. The van der Waals surface area contributed by atoms with E-state index in [2.05, 4.69) is 10.6 Å². The number of piperazine rings is 1. The molecule has 2 aliphatic heterocycles. The molecule has 16 heteroatoms. The molecule has 14 nitrogen and oxygen atoms in total. The highest BCUT2D eigenvalue weighted by Crippen LogP contribution is 2.30. The van der Waals surface area contributed by atoms with Crippen LogP contribution in [-0.4, -0.2) is 93.4 Å². The van der Waals surface area contributed by atoms with Crippen molar-refractivity contribution in [1.82, 2.24) is 20.4 Å². The number of nitrogens with one attached hydrogen (secondary N) is 2. The first-order valence-electron chi connectivity index (χ1n) is 12.4. The van der Waals surface area contributed by atoms with Gasteiger partial charge in [-0.1, -0.05) is 18.2 Å². The second-order valence-electron chi connectivity index (χ2n) is 9.20. The zero-order chi connectivity index (χ0) is 30.0. The molecule has 5 N–H and O–H groups in total. The Morgan fingerprint density at radius 1 is 1.07 bits per heavy atom. The lowest BCUT2D eigenvalue weighted by Crippen LogP contribution is -2.60. The normalized spacial score (nSPS) is 17.3. The van der Waals surface area contributed by atoms with Gasteiger partial charge in [-0.05, 0) is 42.7 Å². The van der Waals surface area contributed by atoms with Gasteiger partial charge in [-0.2, -0.15) is 0 Å². The molecule has 0 bridgehead atoms. The SMILES string of the molecule is CCN1CCN(C(=O)N[C@H](C(=O)N[C@H]2Cc3cccc(C(=O)O)c3OB2O)c2ccc(C(=O)O)c(F)c2)C(=O)C1=O. The van der Waals surface area contributed by atoms with E-state index < -0.39 is 66.2 Å². The molecule has 214 valence electrons. The van der Waals surface area contributed by atoms with E-state index in [4.69, 9.17) is 9.76 Å². The van der Waals surface area contributed by atoms with Crippen molar-refractivity contribution in [2.75, 3.05) is 19.6 Å². The Balaban J connectivity index is 1.61. The number of nitrogens with zero attached hydrogens (tertiary/aromatic N) is 2. The summed E-state index contributed by atoms with van der Waals surface area (Å²) in [6.07, 6.45) is -0.0810. The fourth-order valence-corrected chi connectivity index (χ4v) is 4.54. The van der Waals surface area contributed by atoms with Gasteiger partial charge in [0, 0.05) is 19.6 Å². The van der Waals surface area contributed by atoms with Gasteiger partial charge >= 0.3 is 36.9 Å². The molecule has 0 aromatic heterocycles. The van der Waals surface area contributed by atoms with Crippen LogP contribution < -0.4 is 15.3 Å². The molecule has 0 radical (unpaired) electrons. The minimum Gasteiger partial charge on any atom is -0.534 e. The zero-order valence-corrected chi connectivity index (χ0v) is 21.5. The maximum absolute atomic E-state index is 14.6. The van der Waals surface area contributed by atoms with Gasteiger partial charge in [0.1, 0.15) is 17.6 Å². The summed E-state index contributed by atoms with van der Waals surface area (Å²) < 4.78 is 19.9. The third-order valence-corrected chi connectivity index (χ3v) is 6.70. The quantitative estimate of drug-likeness (QED) is 0.219. The number of imide groups is 1. The Labute approximate surface area is 231 Å². The standard InChI is InChI=1S/C25H24BFN4O10/c1-2-30-8-9-31(22(34)21(30)33)25(39)29-18(12-6-7-14(23(35)36)16(27)10-12)20(32)28-17-11-13-4-3-5-15(24(37)38)19(13)41-26(17)40/h3-7,10,17-18,40H,2,8-9,11H2,1H3,(H,28,32)(H,29,39)(H,35,36)(H,37,38)/t17-,18-/m0/s1. The monoisotopic (exact) mass is 570 g/mol. The number of hydrogen-bond donors (Lipinski definition) is 5. The van der Waals surface area contributed by atoms with Gasteiger partial charge in [0.2, 0.25) is 5.91 Å². The van der Waals surface area contributed by atoms with Crippen molar-refractivity contribution in [1.29, 1.82) is 0 Å². The third-order valence-electron chi connectivity index (χ3n) is 6.70. The maximum Gasteiger partial charge on any atom is 0.547 e. The number of urea groups is 1. The summed E-state index contributed by atoms with van der Waals surface area (Å²) in [7, 11) is -1.71. The second kappa shape index (κ2) is 11.6. The van der Waals surface area contributed by atoms with Crippen LogP contribution in [-0.2, 0) is 20.8 Å². The number of carboxylic acid groups (broad SMARTS) is 2. The van der Waals surface area contributed by atoms with E-state index in [0.717, 1.165) is 18.2 Å². The Hall–Kier alpha value is -4.99. The number of amides is 5. The fourth-order valence-electron chi connectivity index (χ4n) is 4.54. The highest BCUT2D eigenvalue weighted by Gasteiger charge is 2.41. The van der Waals surface area contributed by atoms with E-state index in [1.54, 1.807) is 6.92 Å². The molecule has 0 saturated carbocycles. The van der Waals surface area contributed by atoms with E-state index in [0.29, 0.717) is 10.5 Å². The van der Waals surface area contributed by atoms with Crippen molar-refractivity contribution >= 4 is 42.8 Å². The molecule has 0 unspecified atom stereocenters. The van der Waals surface area contributed by atoms with Crippen LogP contribution in [0.1, 0.15) is 44.8 Å². The van der Waals surface area contributed by atoms with Gasteiger partial charge in [0.05, 0.1) is 17.1 Å². The molecule has 41 heavy (non-hydrogen) atoms. The van der Waals surface area contributed by atoms with Gasteiger partial charge in [-0.3, -0.25) is 19.3 Å². The van der Waals surface area contributed by atoms with Crippen LogP contribution in [0.5, 0.6) is 5.75 Å². The molecule has 1 fully saturated rings. The summed E-state index contributed by atoms with van der Waals surface area (Å²) in [5, 5.41) is 33.8. The van der Waals surface area contributed by atoms with Crippen molar-refractivity contribution in [2.24, 2.45) is 0 Å². The second-order valence-corrected chi connectivity index (χ2v) is 9.20. The summed E-state index contributed by atoms with van der Waals surface area (Å²) in [4.78, 5) is 75.8. The van der Waals surface area contributed by atoms with Crippen LogP contribution in [0, 0.1) is 5.82 Å². The van der Waals surface area contributed by atoms with E-state index in [-0.39, 0.29) is 42.9 Å². The Morgan fingerprint density at radius 3 is 2.41 bits per heavy atom. The molecule has 0 aliphatic carbocycles. The Morgan fingerprint density at radius 2 is 1.78 bits per heavy atom. The molecule has 2 aliphatic rings. The van der Waals surface area contributed by atoms with Gasteiger partial charge < -0.3 is 35.4 Å². The fraction of sp³-hybridized carbons (Fsp3) is 0.280. The number of para-hydroxylation sites is 1. The Kier molecular flexibility index (Phi) is 8.23. The zero-order valence-electron chi connectivity index (χ0n) is 21.5. The number of carboxylic acids is 2. The summed E-state index contributed by atoms with van der Waals surface area (Å²) in [5.74, 6) is -8.37. The van der Waals surface area contributed by atoms with Crippen molar-refractivity contribution in [2.45, 2.75) is 25.3 Å². The molecule has 5 amide bonds. The lowest BCUT2D eigenvalue weighted by Gasteiger charge is -2.33. The number of likely N-dealkylation sites (N-methyl/N-ethyl adjacent to an activating group) is 1. The van der Waals surface area contributed by atoms with Crippen LogP contribution in [0.4, 0.5) is 9.18 Å². The van der Waals surface area contributed by atoms with Crippen LogP contribution in [0.15, 0.2) is 36.4 Å². The largest absolute Gasteiger partial charge is 0.547 e. The number of rotatable bonds is 7. The van der Waals surface area contributed by atoms with Gasteiger partial charge in [0.15, 0.2) is 0 Å². The first kappa shape index (κ1) is 29.0. The molecule has 4 rings (SSSR count).